The lowest BCUT2D eigenvalue weighted by Crippen LogP contribution is -2.16. The van der Waals surface area contributed by atoms with E-state index in [-0.39, 0.29) is 0 Å². The number of nitrogens with one attached hydrogen (secondary N) is 1. The molecule has 0 amide bonds. The van der Waals surface area contributed by atoms with Crippen LogP contribution in [0.4, 0.5) is 5.82 Å². The Morgan fingerprint density at radius 2 is 2.11 bits per heavy atom. The number of nitrogen functional groups attached to an aromatic ring is 1. The molecule has 140 valence electrons. The topological polar surface area (TPSA) is 115 Å². The van der Waals surface area contributed by atoms with Crippen molar-refractivity contribution in [1.82, 2.24) is 25.0 Å². The SMILES string of the molecule is Nc1ncnc2c1c1c(n2[C@@H]2CCNC2)CC[C@@H](O)c2c-1noc2C1CC1. The number of anilines is 1. The molecule has 1 saturated carbocycles. The molecule has 27 heavy (non-hydrogen) atoms. The third-order valence-electron chi connectivity index (χ3n) is 6.24. The predicted molar refractivity (Wildman–Crippen MR) is 99.2 cm³/mol. The van der Waals surface area contributed by atoms with Crippen molar-refractivity contribution in [2.45, 2.75) is 50.2 Å². The van der Waals surface area contributed by atoms with Crippen molar-refractivity contribution in [3.8, 4) is 11.3 Å². The summed E-state index contributed by atoms with van der Waals surface area (Å²) in [6.45, 7) is 1.89. The Labute approximate surface area is 155 Å². The Balaban J connectivity index is 1.69. The van der Waals surface area contributed by atoms with Gasteiger partial charge in [-0.25, -0.2) is 9.97 Å². The molecule has 1 aliphatic heterocycles. The van der Waals surface area contributed by atoms with E-state index in [9.17, 15) is 5.11 Å². The first-order chi connectivity index (χ1) is 13.2. The second-order valence-corrected chi connectivity index (χ2v) is 7.93. The molecule has 0 unspecified atom stereocenters. The maximum absolute atomic E-state index is 10.9. The normalized spacial score (nSPS) is 24.8. The summed E-state index contributed by atoms with van der Waals surface area (Å²) < 4.78 is 8.04. The maximum Gasteiger partial charge on any atom is 0.146 e. The quantitative estimate of drug-likeness (QED) is 0.636. The van der Waals surface area contributed by atoms with Crippen LogP contribution in [0.2, 0.25) is 0 Å². The lowest BCUT2D eigenvalue weighted by atomic mass is 10.0. The number of aliphatic hydroxyl groups is 1. The minimum Gasteiger partial charge on any atom is -0.388 e. The molecule has 0 spiro atoms. The third-order valence-corrected chi connectivity index (χ3v) is 6.24. The van der Waals surface area contributed by atoms with Gasteiger partial charge in [-0.15, -0.1) is 0 Å². The van der Waals surface area contributed by atoms with E-state index in [1.807, 2.05) is 0 Å². The van der Waals surface area contributed by atoms with Crippen molar-refractivity contribution in [3.05, 3.63) is 23.3 Å². The molecule has 0 bridgehead atoms. The molecule has 0 radical (unpaired) electrons. The van der Waals surface area contributed by atoms with Crippen LogP contribution in [0, 0.1) is 0 Å². The van der Waals surface area contributed by atoms with Crippen LogP contribution < -0.4 is 11.1 Å². The summed E-state index contributed by atoms with van der Waals surface area (Å²) in [4.78, 5) is 8.84. The van der Waals surface area contributed by atoms with Gasteiger partial charge in [0.05, 0.1) is 17.1 Å². The van der Waals surface area contributed by atoms with E-state index in [4.69, 9.17) is 10.3 Å². The number of fused-ring (bicyclic) bond motifs is 5. The monoisotopic (exact) mass is 366 g/mol. The number of nitrogens with zero attached hydrogens (tertiary/aromatic N) is 4. The molecule has 3 aromatic heterocycles. The van der Waals surface area contributed by atoms with E-state index in [1.54, 1.807) is 0 Å². The lowest BCUT2D eigenvalue weighted by Gasteiger charge is -2.17. The van der Waals surface area contributed by atoms with Crippen molar-refractivity contribution < 1.29 is 9.63 Å². The fourth-order valence-corrected chi connectivity index (χ4v) is 4.83. The highest BCUT2D eigenvalue weighted by molar-refractivity contribution is 6.02. The van der Waals surface area contributed by atoms with Gasteiger partial charge in [-0.2, -0.15) is 0 Å². The summed E-state index contributed by atoms with van der Waals surface area (Å²) in [6, 6.07) is 0.319. The zero-order valence-electron chi connectivity index (χ0n) is 15.0. The van der Waals surface area contributed by atoms with Crippen molar-refractivity contribution in [3.63, 3.8) is 0 Å². The second kappa shape index (κ2) is 5.53. The molecular formula is C19H22N6O2. The molecule has 2 aliphatic carbocycles. The highest BCUT2D eigenvalue weighted by atomic mass is 16.5. The Morgan fingerprint density at radius 3 is 2.89 bits per heavy atom. The number of aliphatic hydroxyl groups excluding tert-OH is 1. The van der Waals surface area contributed by atoms with Gasteiger partial charge in [0.1, 0.15) is 29.2 Å². The molecule has 6 rings (SSSR count). The molecule has 2 fully saturated rings. The van der Waals surface area contributed by atoms with Crippen LogP contribution in [-0.4, -0.2) is 37.9 Å². The second-order valence-electron chi connectivity index (χ2n) is 7.93. The van der Waals surface area contributed by atoms with E-state index in [2.05, 4.69) is 25.0 Å². The van der Waals surface area contributed by atoms with E-state index < -0.39 is 6.10 Å². The first kappa shape index (κ1) is 15.6. The molecule has 4 heterocycles. The van der Waals surface area contributed by atoms with Crippen LogP contribution in [0.1, 0.15) is 60.8 Å². The van der Waals surface area contributed by atoms with Gasteiger partial charge in [-0.1, -0.05) is 5.16 Å². The molecule has 3 aromatic rings. The minimum absolute atomic E-state index is 0.319. The zero-order chi connectivity index (χ0) is 18.1. The summed E-state index contributed by atoms with van der Waals surface area (Å²) in [5, 5.41) is 19.6. The van der Waals surface area contributed by atoms with Crippen molar-refractivity contribution in [1.29, 1.82) is 0 Å². The summed E-state index contributed by atoms with van der Waals surface area (Å²) in [5.41, 5.74) is 10.8. The molecular weight excluding hydrogens is 344 g/mol. The highest BCUT2D eigenvalue weighted by Gasteiger charge is 2.39. The van der Waals surface area contributed by atoms with Crippen LogP contribution in [-0.2, 0) is 6.42 Å². The highest BCUT2D eigenvalue weighted by Crippen LogP contribution is 2.50. The van der Waals surface area contributed by atoms with Gasteiger partial charge in [0.25, 0.3) is 0 Å². The van der Waals surface area contributed by atoms with Gasteiger partial charge in [0.2, 0.25) is 0 Å². The minimum atomic E-state index is -0.565. The van der Waals surface area contributed by atoms with Crippen LogP contribution in [0.25, 0.3) is 22.3 Å². The molecule has 4 N–H and O–H groups in total. The van der Waals surface area contributed by atoms with E-state index in [0.29, 0.717) is 24.2 Å². The average Bonchev–Trinajstić information content (AvgIpc) is 3.11. The molecule has 8 nitrogen and oxygen atoms in total. The van der Waals surface area contributed by atoms with E-state index >= 15 is 0 Å². The number of nitrogens with two attached hydrogens (primary N) is 1. The largest absolute Gasteiger partial charge is 0.388 e. The van der Waals surface area contributed by atoms with Crippen LogP contribution in [0.5, 0.6) is 0 Å². The standard InChI is InChI=1S/C19H22N6O2/c20-18-15-13-11(25(10-5-6-21-7-10)19(15)23-8-22-18)3-4-12(26)14-16(13)24-27-17(14)9-1-2-9/h8-10,12,21,26H,1-7H2,(H2,20,22,23)/t10-,12-/m1/s1. The molecule has 1 saturated heterocycles. The molecule has 3 aliphatic rings. The smallest absolute Gasteiger partial charge is 0.146 e. The van der Waals surface area contributed by atoms with Gasteiger partial charge in [0, 0.05) is 29.8 Å². The van der Waals surface area contributed by atoms with Crippen LogP contribution >= 0.6 is 0 Å². The van der Waals surface area contributed by atoms with Crippen molar-refractivity contribution >= 4 is 16.9 Å². The Hall–Kier alpha value is -2.45. The Kier molecular flexibility index (Phi) is 3.19. The summed E-state index contributed by atoms with van der Waals surface area (Å²) >= 11 is 0. The summed E-state index contributed by atoms with van der Waals surface area (Å²) in [5.74, 6) is 1.70. The van der Waals surface area contributed by atoms with Crippen molar-refractivity contribution in [2.24, 2.45) is 0 Å². The van der Waals surface area contributed by atoms with E-state index in [0.717, 1.165) is 78.1 Å². The lowest BCUT2D eigenvalue weighted by molar-refractivity contribution is 0.165. The first-order valence-corrected chi connectivity index (χ1v) is 9.76. The molecule has 8 heteroatoms. The Morgan fingerprint density at radius 1 is 1.22 bits per heavy atom. The first-order valence-electron chi connectivity index (χ1n) is 9.76. The average molecular weight is 366 g/mol. The predicted octanol–water partition coefficient (Wildman–Crippen LogP) is 2.06. The number of aromatic nitrogens is 4. The number of rotatable bonds is 2. The third kappa shape index (κ3) is 2.14. The van der Waals surface area contributed by atoms with Gasteiger partial charge in [0.15, 0.2) is 0 Å². The van der Waals surface area contributed by atoms with Gasteiger partial charge in [-0.3, -0.25) is 0 Å². The van der Waals surface area contributed by atoms with Gasteiger partial charge >= 0.3 is 0 Å². The van der Waals surface area contributed by atoms with Gasteiger partial charge < -0.3 is 25.2 Å². The number of hydrogen-bond acceptors (Lipinski definition) is 7. The van der Waals surface area contributed by atoms with Crippen LogP contribution in [0.3, 0.4) is 0 Å². The van der Waals surface area contributed by atoms with Gasteiger partial charge in [-0.05, 0) is 38.6 Å². The molecule has 0 aromatic carbocycles. The Bertz CT molecular complexity index is 1040. The molecule has 2 atom stereocenters. The van der Waals surface area contributed by atoms with E-state index in [1.165, 1.54) is 6.33 Å². The summed E-state index contributed by atoms with van der Waals surface area (Å²) in [7, 11) is 0. The maximum atomic E-state index is 10.9. The fraction of sp³-hybridized carbons (Fsp3) is 0.526. The number of hydrogen-bond donors (Lipinski definition) is 3. The van der Waals surface area contributed by atoms with Crippen molar-refractivity contribution in [2.75, 3.05) is 18.8 Å². The van der Waals surface area contributed by atoms with Crippen LogP contribution in [0.15, 0.2) is 10.9 Å². The summed E-state index contributed by atoms with van der Waals surface area (Å²) in [6.07, 6.45) is 5.61. The zero-order valence-corrected chi connectivity index (χ0v) is 15.0. The fourth-order valence-electron chi connectivity index (χ4n) is 4.83.